The summed E-state index contributed by atoms with van der Waals surface area (Å²) in [6.07, 6.45) is -0.578. The Bertz CT molecular complexity index is 806. The Hall–Kier alpha value is -1.80. The standard InChI is InChI=1S/C18H21FN2O3S/c19-16-8-4-5-9-18(16)25(23,24)21-12-10-20(11-13-21)14-17(22)15-6-2-1-3-7-15/h1-9,17,22H,10-14H2/p+1/t17-/m0/s1. The van der Waals surface area contributed by atoms with E-state index in [0.29, 0.717) is 32.7 Å². The predicted molar refractivity (Wildman–Crippen MR) is 92.1 cm³/mol. The number of aliphatic hydroxyl groups excluding tert-OH is 1. The highest BCUT2D eigenvalue weighted by atomic mass is 32.2. The number of piperazine rings is 1. The molecule has 3 rings (SSSR count). The van der Waals surface area contributed by atoms with E-state index in [1.807, 2.05) is 30.3 Å². The van der Waals surface area contributed by atoms with E-state index < -0.39 is 21.9 Å². The van der Waals surface area contributed by atoms with Crippen LogP contribution in [0, 0.1) is 5.82 Å². The van der Waals surface area contributed by atoms with E-state index in [9.17, 15) is 17.9 Å². The Kier molecular flexibility index (Phi) is 5.48. The molecule has 0 aliphatic carbocycles. The maximum Gasteiger partial charge on any atom is 0.246 e. The monoisotopic (exact) mass is 365 g/mol. The lowest BCUT2D eigenvalue weighted by Crippen LogP contribution is -3.15. The molecule has 7 heteroatoms. The molecule has 134 valence electrons. The lowest BCUT2D eigenvalue weighted by atomic mass is 10.1. The molecule has 2 aromatic carbocycles. The zero-order chi connectivity index (χ0) is 17.9. The second kappa shape index (κ2) is 7.61. The summed E-state index contributed by atoms with van der Waals surface area (Å²) in [5.74, 6) is -0.725. The number of nitrogens with zero attached hydrogens (tertiary/aromatic N) is 1. The van der Waals surface area contributed by atoms with E-state index >= 15 is 0 Å². The zero-order valence-electron chi connectivity index (χ0n) is 13.8. The minimum Gasteiger partial charge on any atom is -0.382 e. The van der Waals surface area contributed by atoms with E-state index in [0.717, 1.165) is 16.5 Å². The summed E-state index contributed by atoms with van der Waals surface area (Å²) in [4.78, 5) is 0.860. The van der Waals surface area contributed by atoms with Crippen molar-refractivity contribution in [3.8, 4) is 0 Å². The number of sulfonamides is 1. The normalized spacial score (nSPS) is 18.2. The summed E-state index contributed by atoms with van der Waals surface area (Å²) in [5, 5.41) is 10.3. The second-order valence-electron chi connectivity index (χ2n) is 6.22. The van der Waals surface area contributed by atoms with Crippen LogP contribution >= 0.6 is 0 Å². The molecule has 1 aliphatic rings. The van der Waals surface area contributed by atoms with Crippen molar-refractivity contribution in [3.05, 3.63) is 66.0 Å². The van der Waals surface area contributed by atoms with Crippen LogP contribution in [-0.2, 0) is 10.0 Å². The van der Waals surface area contributed by atoms with Gasteiger partial charge in [0.15, 0.2) is 0 Å². The summed E-state index contributed by atoms with van der Waals surface area (Å²) in [5.41, 5.74) is 0.858. The van der Waals surface area contributed by atoms with Gasteiger partial charge >= 0.3 is 0 Å². The van der Waals surface area contributed by atoms with Crippen LogP contribution in [0.2, 0.25) is 0 Å². The van der Waals surface area contributed by atoms with Crippen molar-refractivity contribution < 1.29 is 22.8 Å². The fourth-order valence-electron chi connectivity index (χ4n) is 3.11. The molecule has 25 heavy (non-hydrogen) atoms. The Labute approximate surface area is 147 Å². The van der Waals surface area contributed by atoms with Gasteiger partial charge in [-0.05, 0) is 17.7 Å². The molecule has 2 aromatic rings. The molecule has 2 N–H and O–H groups in total. The van der Waals surface area contributed by atoms with Gasteiger partial charge in [-0.25, -0.2) is 12.8 Å². The first-order valence-electron chi connectivity index (χ1n) is 8.30. The maximum absolute atomic E-state index is 13.8. The molecule has 1 heterocycles. The lowest BCUT2D eigenvalue weighted by molar-refractivity contribution is -0.907. The fraction of sp³-hybridized carbons (Fsp3) is 0.333. The number of hydrogen-bond acceptors (Lipinski definition) is 3. The first-order valence-corrected chi connectivity index (χ1v) is 9.74. The van der Waals surface area contributed by atoms with Crippen LogP contribution < -0.4 is 4.90 Å². The van der Waals surface area contributed by atoms with Gasteiger partial charge in [-0.1, -0.05) is 42.5 Å². The van der Waals surface area contributed by atoms with Crippen molar-refractivity contribution in [2.75, 3.05) is 32.7 Å². The molecule has 0 amide bonds. The molecule has 0 spiro atoms. The van der Waals surface area contributed by atoms with Crippen LogP contribution in [0.3, 0.4) is 0 Å². The number of benzene rings is 2. The maximum atomic E-state index is 13.8. The Balaban J connectivity index is 1.61. The van der Waals surface area contributed by atoms with E-state index in [1.165, 1.54) is 22.5 Å². The van der Waals surface area contributed by atoms with Crippen LogP contribution in [0.15, 0.2) is 59.5 Å². The van der Waals surface area contributed by atoms with Gasteiger partial charge in [0.2, 0.25) is 10.0 Å². The Morgan fingerprint density at radius 1 is 1.04 bits per heavy atom. The van der Waals surface area contributed by atoms with Crippen LogP contribution in [0.1, 0.15) is 11.7 Å². The highest BCUT2D eigenvalue weighted by Gasteiger charge is 2.32. The fourth-order valence-corrected chi connectivity index (χ4v) is 4.61. The van der Waals surface area contributed by atoms with Crippen LogP contribution in [0.25, 0.3) is 0 Å². The number of quaternary nitrogens is 1. The lowest BCUT2D eigenvalue weighted by Gasteiger charge is -2.32. The first-order chi connectivity index (χ1) is 12.0. The van der Waals surface area contributed by atoms with Crippen LogP contribution in [-0.4, -0.2) is 50.6 Å². The molecule has 1 aliphatic heterocycles. The molecule has 1 atom stereocenters. The highest BCUT2D eigenvalue weighted by molar-refractivity contribution is 7.89. The van der Waals surface area contributed by atoms with Gasteiger partial charge in [0.1, 0.15) is 23.4 Å². The molecule has 1 saturated heterocycles. The molecule has 1 fully saturated rings. The molecule has 0 unspecified atom stereocenters. The topological polar surface area (TPSA) is 62.0 Å². The van der Waals surface area contributed by atoms with Gasteiger partial charge in [-0.15, -0.1) is 0 Å². The van der Waals surface area contributed by atoms with E-state index in [-0.39, 0.29) is 4.90 Å². The summed E-state index contributed by atoms with van der Waals surface area (Å²) >= 11 is 0. The second-order valence-corrected chi connectivity index (χ2v) is 8.12. The Morgan fingerprint density at radius 2 is 1.64 bits per heavy atom. The van der Waals surface area contributed by atoms with Crippen molar-refractivity contribution >= 4 is 10.0 Å². The largest absolute Gasteiger partial charge is 0.382 e. The molecule has 0 saturated carbocycles. The van der Waals surface area contributed by atoms with Crippen molar-refractivity contribution in [2.24, 2.45) is 0 Å². The number of nitrogens with one attached hydrogen (secondary N) is 1. The minimum atomic E-state index is -3.81. The number of aliphatic hydroxyl groups is 1. The van der Waals surface area contributed by atoms with Crippen LogP contribution in [0.4, 0.5) is 4.39 Å². The van der Waals surface area contributed by atoms with Gasteiger partial charge in [0.05, 0.1) is 26.2 Å². The third-order valence-electron chi connectivity index (χ3n) is 4.55. The van der Waals surface area contributed by atoms with Gasteiger partial charge in [-0.2, -0.15) is 4.31 Å². The average Bonchev–Trinajstić information content (AvgIpc) is 2.63. The first kappa shape index (κ1) is 18.0. The third-order valence-corrected chi connectivity index (χ3v) is 6.48. The predicted octanol–water partition coefficient (Wildman–Crippen LogP) is 0.449. The van der Waals surface area contributed by atoms with Gasteiger partial charge in [0.25, 0.3) is 0 Å². The molecular weight excluding hydrogens is 343 g/mol. The molecule has 5 nitrogen and oxygen atoms in total. The summed E-state index contributed by atoms with van der Waals surface area (Å²) in [7, 11) is -3.81. The number of rotatable bonds is 5. The smallest absolute Gasteiger partial charge is 0.246 e. The van der Waals surface area contributed by atoms with Crippen molar-refractivity contribution in [1.82, 2.24) is 4.31 Å². The molecule has 0 aromatic heterocycles. The van der Waals surface area contributed by atoms with Crippen LogP contribution in [0.5, 0.6) is 0 Å². The van der Waals surface area contributed by atoms with E-state index in [4.69, 9.17) is 0 Å². The summed E-state index contributed by atoms with van der Waals surface area (Å²) in [6.45, 7) is 2.31. The van der Waals surface area contributed by atoms with Crippen molar-refractivity contribution in [2.45, 2.75) is 11.0 Å². The molecule has 0 bridgehead atoms. The molecular formula is C18H22FN2O3S+. The molecule has 0 radical (unpaired) electrons. The zero-order valence-corrected chi connectivity index (χ0v) is 14.6. The van der Waals surface area contributed by atoms with Gasteiger partial charge in [-0.3, -0.25) is 0 Å². The van der Waals surface area contributed by atoms with E-state index in [2.05, 4.69) is 0 Å². The number of halogens is 1. The average molecular weight is 365 g/mol. The quantitative estimate of drug-likeness (QED) is 0.809. The minimum absolute atomic E-state index is 0.275. The van der Waals surface area contributed by atoms with Gasteiger partial charge in [0, 0.05) is 0 Å². The number of hydrogen-bond donors (Lipinski definition) is 2. The summed E-state index contributed by atoms with van der Waals surface area (Å²) < 4.78 is 40.3. The third kappa shape index (κ3) is 4.07. The summed E-state index contributed by atoms with van der Waals surface area (Å²) in [6, 6.07) is 14.9. The Morgan fingerprint density at radius 3 is 2.28 bits per heavy atom. The van der Waals surface area contributed by atoms with E-state index in [1.54, 1.807) is 0 Å². The SMILES string of the molecule is O=S(=O)(c1ccccc1F)N1CC[NH+](C[C@H](O)c2ccccc2)CC1. The highest BCUT2D eigenvalue weighted by Crippen LogP contribution is 2.19. The van der Waals surface area contributed by atoms with Gasteiger partial charge < -0.3 is 10.0 Å². The van der Waals surface area contributed by atoms with Crippen molar-refractivity contribution in [3.63, 3.8) is 0 Å². The van der Waals surface area contributed by atoms with Crippen molar-refractivity contribution in [1.29, 1.82) is 0 Å².